The number of carboxylic acid groups (broad SMARTS) is 1. The first-order valence-electron chi connectivity index (χ1n) is 19.1. The summed E-state index contributed by atoms with van der Waals surface area (Å²) in [4.78, 5) is 27.1. The van der Waals surface area contributed by atoms with Crippen LogP contribution in [0.4, 0.5) is 4.79 Å². The molecule has 4 saturated carbocycles. The average molecular weight is 674 g/mol. The maximum atomic E-state index is 13.5. The van der Waals surface area contributed by atoms with Crippen LogP contribution in [0.2, 0.25) is 0 Å². The number of urea groups is 1. The number of hydrogen-bond donors (Lipinski definition) is 4. The Morgan fingerprint density at radius 2 is 1.63 bits per heavy atom. The van der Waals surface area contributed by atoms with E-state index in [1.54, 1.807) is 12.1 Å². The van der Waals surface area contributed by atoms with E-state index in [1.165, 1.54) is 36.8 Å². The molecule has 7 nitrogen and oxygen atoms in total. The van der Waals surface area contributed by atoms with Crippen LogP contribution in [-0.4, -0.2) is 65.9 Å². The van der Waals surface area contributed by atoms with E-state index in [1.807, 2.05) is 24.1 Å². The third-order valence-electron chi connectivity index (χ3n) is 15.7. The maximum absolute atomic E-state index is 13.5. The van der Waals surface area contributed by atoms with Crippen LogP contribution in [0.5, 0.6) is 0 Å². The van der Waals surface area contributed by atoms with Crippen molar-refractivity contribution in [2.24, 2.45) is 51.2 Å². The van der Waals surface area contributed by atoms with Gasteiger partial charge in [0, 0.05) is 25.2 Å². The summed E-state index contributed by atoms with van der Waals surface area (Å²) in [5.41, 5.74) is 4.51. The highest BCUT2D eigenvalue weighted by atomic mass is 16.4. The zero-order chi connectivity index (χ0) is 35.6. The molecule has 2 amide bonds. The van der Waals surface area contributed by atoms with Crippen LogP contribution in [0.25, 0.3) is 5.57 Å². The molecule has 0 spiro atoms. The minimum atomic E-state index is -0.879. The van der Waals surface area contributed by atoms with E-state index in [0.29, 0.717) is 54.8 Å². The Kier molecular flexibility index (Phi) is 9.48. The lowest BCUT2D eigenvalue weighted by Crippen LogP contribution is -2.68. The predicted molar refractivity (Wildman–Crippen MR) is 197 cm³/mol. The van der Waals surface area contributed by atoms with Gasteiger partial charge in [-0.3, -0.25) is 0 Å². The van der Waals surface area contributed by atoms with Gasteiger partial charge in [0.25, 0.3) is 0 Å². The van der Waals surface area contributed by atoms with Crippen LogP contribution in [0.1, 0.15) is 115 Å². The van der Waals surface area contributed by atoms with Crippen LogP contribution in [0.3, 0.4) is 0 Å². The van der Waals surface area contributed by atoms with Gasteiger partial charge in [-0.1, -0.05) is 65.0 Å². The number of allylic oxidation sites excluding steroid dienone is 3. The number of rotatable bonds is 9. The summed E-state index contributed by atoms with van der Waals surface area (Å²) in [6, 6.07) is 7.48. The second-order valence-corrected chi connectivity index (χ2v) is 18.2. The van der Waals surface area contributed by atoms with Crippen molar-refractivity contribution in [3.63, 3.8) is 0 Å². The van der Waals surface area contributed by atoms with Crippen molar-refractivity contribution >= 4 is 17.6 Å². The Labute approximate surface area is 295 Å². The fraction of sp³-hybridized carbons (Fsp3) is 0.714. The van der Waals surface area contributed by atoms with E-state index in [0.717, 1.165) is 37.7 Å². The van der Waals surface area contributed by atoms with Crippen molar-refractivity contribution in [2.45, 2.75) is 105 Å². The van der Waals surface area contributed by atoms with Crippen molar-refractivity contribution in [3.8, 4) is 0 Å². The van der Waals surface area contributed by atoms with E-state index in [9.17, 15) is 19.8 Å². The van der Waals surface area contributed by atoms with Gasteiger partial charge in [-0.2, -0.15) is 0 Å². The van der Waals surface area contributed by atoms with E-state index in [4.69, 9.17) is 0 Å². The van der Waals surface area contributed by atoms with Gasteiger partial charge in [-0.05, 0) is 146 Å². The first kappa shape index (κ1) is 36.2. The molecule has 1 aromatic rings. The van der Waals surface area contributed by atoms with Gasteiger partial charge >= 0.3 is 12.0 Å². The summed E-state index contributed by atoms with van der Waals surface area (Å²) in [6.45, 7) is 21.5. The van der Waals surface area contributed by atoms with E-state index in [2.05, 4.69) is 64.8 Å². The zero-order valence-electron chi connectivity index (χ0n) is 31.3. The van der Waals surface area contributed by atoms with Gasteiger partial charge in [-0.15, -0.1) is 0 Å². The Balaban J connectivity index is 1.27. The summed E-state index contributed by atoms with van der Waals surface area (Å²) < 4.78 is 0. The molecule has 4 N–H and O–H groups in total. The van der Waals surface area contributed by atoms with Gasteiger partial charge < -0.3 is 25.7 Å². The number of carboxylic acids is 1. The molecule has 0 radical (unpaired) electrons. The lowest BCUT2D eigenvalue weighted by atomic mass is 9.33. The number of hydrogen-bond acceptors (Lipinski definition) is 4. The highest BCUT2D eigenvalue weighted by molar-refractivity contribution is 5.88. The highest BCUT2D eigenvalue weighted by Gasteiger charge is 2.70. The van der Waals surface area contributed by atoms with Gasteiger partial charge in [0.2, 0.25) is 0 Å². The number of nitrogens with one attached hydrogen (secondary N) is 2. The van der Waals surface area contributed by atoms with Crippen molar-refractivity contribution < 1.29 is 19.8 Å². The summed E-state index contributed by atoms with van der Waals surface area (Å²) >= 11 is 0. The Morgan fingerprint density at radius 1 is 0.918 bits per heavy atom. The molecular formula is C42H63N3O4. The maximum Gasteiger partial charge on any atom is 0.335 e. The van der Waals surface area contributed by atoms with Crippen molar-refractivity contribution in [2.75, 3.05) is 33.3 Å². The third kappa shape index (κ3) is 5.70. The second-order valence-electron chi connectivity index (χ2n) is 18.2. The minimum absolute atomic E-state index is 0.0147. The number of carbonyl (C=O) groups is 2. The molecule has 7 heteroatoms. The quantitative estimate of drug-likeness (QED) is 0.199. The molecule has 9 atom stereocenters. The van der Waals surface area contributed by atoms with Gasteiger partial charge in [0.1, 0.15) is 0 Å². The molecule has 0 bridgehead atoms. The number of likely N-dealkylation sites (N-methyl/N-ethyl adjacent to an activating group) is 1. The molecule has 0 aliphatic heterocycles. The van der Waals surface area contributed by atoms with Gasteiger partial charge in [0.05, 0.1) is 12.2 Å². The molecule has 0 aromatic heterocycles. The van der Waals surface area contributed by atoms with E-state index in [-0.39, 0.29) is 39.8 Å². The number of carbonyl (C=O) groups excluding carboxylic acids is 1. The highest BCUT2D eigenvalue weighted by Crippen LogP contribution is 2.76. The number of aromatic carboxylic acids is 1. The molecule has 0 heterocycles. The average Bonchev–Trinajstić information content (AvgIpc) is 3.41. The minimum Gasteiger partial charge on any atom is -0.478 e. The molecule has 4 fully saturated rings. The number of fused-ring (bicyclic) bond motifs is 7. The van der Waals surface area contributed by atoms with Crippen molar-refractivity contribution in [1.82, 2.24) is 15.5 Å². The molecular weight excluding hydrogens is 610 g/mol. The Hall–Kier alpha value is -2.64. The van der Waals surface area contributed by atoms with Crippen molar-refractivity contribution in [3.05, 3.63) is 53.6 Å². The van der Waals surface area contributed by atoms with Crippen LogP contribution < -0.4 is 10.6 Å². The summed E-state index contributed by atoms with van der Waals surface area (Å²) in [6.07, 6.45) is 12.7. The molecule has 1 aromatic carbocycles. The summed E-state index contributed by atoms with van der Waals surface area (Å²) in [5.74, 6) is 1.67. The van der Waals surface area contributed by atoms with Crippen LogP contribution in [0.15, 0.2) is 42.5 Å². The SMILES string of the molecule is C=C(C)C1CCC2(NC(=O)NCCN(C)CCO)CCC3(C)C(CCC4C5(C)CC=C(c6ccc(C(=O)O)cc6)C(C)(C)C5CCC43C)C12. The molecule has 0 saturated heterocycles. The number of aliphatic hydroxyl groups excluding tert-OH is 1. The fourth-order valence-electron chi connectivity index (χ4n) is 13.2. The van der Waals surface area contributed by atoms with Gasteiger partial charge in [-0.25, -0.2) is 9.59 Å². The number of aliphatic hydroxyl groups is 1. The van der Waals surface area contributed by atoms with Crippen LogP contribution in [-0.2, 0) is 0 Å². The molecule has 9 unspecified atom stereocenters. The molecule has 5 aliphatic carbocycles. The smallest absolute Gasteiger partial charge is 0.335 e. The standard InChI is InChI=1S/C42H63N3O4/c1-27(2)30-15-20-42(44-37(49)43-23-24-45(8)25-26-46)22-21-40(6)32(35(30)42)13-14-34-39(5)18-16-31(28-9-11-29(12-10-28)36(47)48)38(3,4)33(39)17-19-41(34,40)7/h9-12,16,30,32-35,46H,1,13-15,17-26H2,2-8H3,(H,47,48)(H2,43,44,49). The molecule has 270 valence electrons. The predicted octanol–water partition coefficient (Wildman–Crippen LogP) is 8.01. The fourth-order valence-corrected chi connectivity index (χ4v) is 13.2. The summed E-state index contributed by atoms with van der Waals surface area (Å²) in [7, 11) is 1.97. The number of amides is 2. The second kappa shape index (κ2) is 12.8. The lowest BCUT2D eigenvalue weighted by Gasteiger charge is -2.72. The normalized spacial score (nSPS) is 39.1. The van der Waals surface area contributed by atoms with Crippen molar-refractivity contribution in [1.29, 1.82) is 0 Å². The number of nitrogens with zero attached hydrogens (tertiary/aromatic N) is 1. The topological polar surface area (TPSA) is 102 Å². The monoisotopic (exact) mass is 673 g/mol. The van der Waals surface area contributed by atoms with E-state index < -0.39 is 5.97 Å². The Bertz CT molecular complexity index is 1480. The first-order chi connectivity index (χ1) is 23.0. The summed E-state index contributed by atoms with van der Waals surface area (Å²) in [5, 5.41) is 25.5. The van der Waals surface area contributed by atoms with E-state index >= 15 is 0 Å². The number of benzene rings is 1. The lowest BCUT2D eigenvalue weighted by molar-refractivity contribution is -0.218. The molecule has 49 heavy (non-hydrogen) atoms. The van der Waals surface area contributed by atoms with Crippen LogP contribution >= 0.6 is 0 Å². The molecule has 5 aliphatic rings. The van der Waals surface area contributed by atoms with Gasteiger partial charge in [0.15, 0.2) is 0 Å². The zero-order valence-corrected chi connectivity index (χ0v) is 31.3. The largest absolute Gasteiger partial charge is 0.478 e. The Morgan fingerprint density at radius 3 is 2.29 bits per heavy atom. The van der Waals surface area contributed by atoms with Crippen LogP contribution in [0, 0.1) is 51.2 Å². The first-order valence-corrected chi connectivity index (χ1v) is 19.1. The third-order valence-corrected chi connectivity index (χ3v) is 15.7. The molecule has 6 rings (SSSR count).